The zero-order chi connectivity index (χ0) is 27.3. The fourth-order valence-electron chi connectivity index (χ4n) is 4.15. The molecule has 0 radical (unpaired) electrons. The lowest BCUT2D eigenvalue weighted by atomic mass is 9.97. The molecule has 0 aliphatic heterocycles. The van der Waals surface area contributed by atoms with Crippen LogP contribution >= 0.6 is 0 Å². The molecule has 5 heteroatoms. The van der Waals surface area contributed by atoms with Crippen LogP contribution in [0.3, 0.4) is 0 Å². The summed E-state index contributed by atoms with van der Waals surface area (Å²) in [6, 6.07) is 19.2. The van der Waals surface area contributed by atoms with Gasteiger partial charge in [-0.1, -0.05) is 75.6 Å². The number of ketones is 1. The highest BCUT2D eigenvalue weighted by atomic mass is 19.1. The second-order valence-electron chi connectivity index (χ2n) is 9.37. The van der Waals surface area contributed by atoms with Gasteiger partial charge in [-0.05, 0) is 67.3 Å². The molecule has 1 unspecified atom stereocenters. The Labute approximate surface area is 225 Å². The monoisotopic (exact) mass is 513 g/mol. The van der Waals surface area contributed by atoms with Crippen LogP contribution in [0.25, 0.3) is 0 Å². The van der Waals surface area contributed by atoms with Crippen LogP contribution in [-0.4, -0.2) is 24.9 Å². The number of methoxy groups -OCH3 is 1. The summed E-state index contributed by atoms with van der Waals surface area (Å²) >= 11 is 0. The van der Waals surface area contributed by atoms with Crippen molar-refractivity contribution in [2.24, 2.45) is 0 Å². The molecule has 0 fully saturated rings. The second-order valence-corrected chi connectivity index (χ2v) is 9.37. The molecule has 0 saturated heterocycles. The molecule has 0 amide bonds. The Balaban J connectivity index is 1.73. The Morgan fingerprint density at radius 1 is 0.868 bits per heavy atom. The Kier molecular flexibility index (Phi) is 11.1. The summed E-state index contributed by atoms with van der Waals surface area (Å²) in [5.41, 5.74) is 4.00. The maximum absolute atomic E-state index is 14.1. The average molecular weight is 514 g/mol. The molecule has 3 rings (SSSR count). The van der Waals surface area contributed by atoms with Crippen molar-refractivity contribution < 1.29 is 18.7 Å². The number of carbonyl (C=O) groups is 2. The van der Waals surface area contributed by atoms with Crippen LogP contribution in [0.15, 0.2) is 66.7 Å². The van der Waals surface area contributed by atoms with Gasteiger partial charge >= 0.3 is 5.97 Å². The van der Waals surface area contributed by atoms with E-state index in [2.05, 4.69) is 47.9 Å². The molecular formula is C33H36FNO3. The Morgan fingerprint density at radius 2 is 1.50 bits per heavy atom. The Morgan fingerprint density at radius 3 is 2.11 bits per heavy atom. The van der Waals surface area contributed by atoms with Crippen molar-refractivity contribution >= 4 is 17.4 Å². The zero-order valence-corrected chi connectivity index (χ0v) is 22.5. The molecule has 0 aliphatic carbocycles. The van der Waals surface area contributed by atoms with Crippen molar-refractivity contribution in [2.45, 2.75) is 64.8 Å². The molecule has 38 heavy (non-hydrogen) atoms. The molecule has 3 aromatic rings. The normalized spacial score (nSPS) is 11.3. The summed E-state index contributed by atoms with van der Waals surface area (Å²) in [5.74, 6) is 4.87. The van der Waals surface area contributed by atoms with Gasteiger partial charge in [0.2, 0.25) is 0 Å². The van der Waals surface area contributed by atoms with E-state index in [9.17, 15) is 14.0 Å². The predicted octanol–water partition coefficient (Wildman–Crippen LogP) is 7.60. The number of Topliss-reactive ketones (excluding diaryl/α,β-unsaturated/α-hetero) is 1. The van der Waals surface area contributed by atoms with E-state index in [1.54, 1.807) is 12.1 Å². The fourth-order valence-corrected chi connectivity index (χ4v) is 4.15. The summed E-state index contributed by atoms with van der Waals surface area (Å²) in [6.45, 7) is 4.29. The third-order valence-electron chi connectivity index (χ3n) is 6.42. The van der Waals surface area contributed by atoms with E-state index in [0.717, 1.165) is 36.8 Å². The lowest BCUT2D eigenvalue weighted by molar-refractivity contribution is 0.0595. The minimum absolute atomic E-state index is 0.0628. The standard InChI is InChI=1S/C33H36FNO3/c1-4-6-8-10-31(35-28-21-22-30(34)29(23-28)33(37)38-3)32(36)27-19-17-26(18-20-27)16-15-25-13-11-24(12-14-25)9-7-5-2/h11-14,17-23,31,35H,4-10H2,1-3H3. The molecule has 0 aromatic heterocycles. The number of benzene rings is 3. The van der Waals surface area contributed by atoms with E-state index >= 15 is 0 Å². The highest BCUT2D eigenvalue weighted by molar-refractivity contribution is 6.02. The van der Waals surface area contributed by atoms with Crippen LogP contribution < -0.4 is 5.32 Å². The number of esters is 1. The number of carbonyl (C=O) groups excluding carboxylic acids is 2. The third-order valence-corrected chi connectivity index (χ3v) is 6.42. The first-order chi connectivity index (χ1) is 18.4. The minimum Gasteiger partial charge on any atom is -0.465 e. The maximum atomic E-state index is 14.1. The first kappa shape index (κ1) is 28.7. The number of anilines is 1. The molecule has 0 aliphatic rings. The third kappa shape index (κ3) is 8.31. The molecule has 198 valence electrons. The first-order valence-electron chi connectivity index (χ1n) is 13.3. The molecule has 1 N–H and O–H groups in total. The van der Waals surface area contributed by atoms with E-state index in [1.165, 1.54) is 43.7 Å². The van der Waals surface area contributed by atoms with Gasteiger partial charge in [0, 0.05) is 22.4 Å². The van der Waals surface area contributed by atoms with Crippen molar-refractivity contribution in [3.8, 4) is 11.8 Å². The molecular weight excluding hydrogens is 477 g/mol. The van der Waals surface area contributed by atoms with Crippen LogP contribution in [0.2, 0.25) is 0 Å². The van der Waals surface area contributed by atoms with Gasteiger partial charge < -0.3 is 10.1 Å². The van der Waals surface area contributed by atoms with Gasteiger partial charge in [-0.25, -0.2) is 9.18 Å². The van der Waals surface area contributed by atoms with Crippen LogP contribution in [0, 0.1) is 17.7 Å². The number of halogens is 1. The summed E-state index contributed by atoms with van der Waals surface area (Å²) in [5, 5.41) is 3.21. The number of ether oxygens (including phenoxy) is 1. The summed E-state index contributed by atoms with van der Waals surface area (Å²) < 4.78 is 18.7. The van der Waals surface area contributed by atoms with Gasteiger partial charge in [-0.15, -0.1) is 0 Å². The molecule has 0 heterocycles. The predicted molar refractivity (Wildman–Crippen MR) is 151 cm³/mol. The lowest BCUT2D eigenvalue weighted by Gasteiger charge is -2.19. The largest absolute Gasteiger partial charge is 0.465 e. The van der Waals surface area contributed by atoms with E-state index < -0.39 is 17.8 Å². The molecule has 3 aromatic carbocycles. The van der Waals surface area contributed by atoms with Gasteiger partial charge in [0.1, 0.15) is 5.82 Å². The number of unbranched alkanes of at least 4 members (excludes halogenated alkanes) is 3. The topological polar surface area (TPSA) is 55.4 Å². The molecule has 0 bridgehead atoms. The number of hydrogen-bond acceptors (Lipinski definition) is 4. The molecule has 0 saturated carbocycles. The van der Waals surface area contributed by atoms with Gasteiger partial charge in [0.15, 0.2) is 5.78 Å². The van der Waals surface area contributed by atoms with Crippen LogP contribution in [0.4, 0.5) is 10.1 Å². The van der Waals surface area contributed by atoms with Crippen molar-refractivity contribution in [1.82, 2.24) is 0 Å². The number of aryl methyl sites for hydroxylation is 1. The summed E-state index contributed by atoms with van der Waals surface area (Å²) in [7, 11) is 1.21. The minimum atomic E-state index is -0.760. The van der Waals surface area contributed by atoms with E-state index in [-0.39, 0.29) is 11.3 Å². The quantitative estimate of drug-likeness (QED) is 0.117. The van der Waals surface area contributed by atoms with Gasteiger partial charge in [0.05, 0.1) is 18.7 Å². The first-order valence-corrected chi connectivity index (χ1v) is 13.3. The number of rotatable bonds is 12. The highest BCUT2D eigenvalue weighted by Crippen LogP contribution is 2.20. The molecule has 0 spiro atoms. The van der Waals surface area contributed by atoms with Crippen LogP contribution in [0.5, 0.6) is 0 Å². The average Bonchev–Trinajstić information content (AvgIpc) is 2.95. The molecule has 4 nitrogen and oxygen atoms in total. The zero-order valence-electron chi connectivity index (χ0n) is 22.5. The SMILES string of the molecule is CCCCCC(Nc1ccc(F)c(C(=O)OC)c1)C(=O)c1ccc(C#Cc2ccc(CCCC)cc2)cc1. The number of nitrogens with one attached hydrogen (secondary N) is 1. The fraction of sp³-hybridized carbons (Fsp3) is 0.333. The van der Waals surface area contributed by atoms with Crippen molar-refractivity contribution in [2.75, 3.05) is 12.4 Å². The second kappa shape index (κ2) is 14.7. The van der Waals surface area contributed by atoms with Crippen LogP contribution in [-0.2, 0) is 11.2 Å². The van der Waals surface area contributed by atoms with E-state index in [4.69, 9.17) is 0 Å². The number of hydrogen-bond donors (Lipinski definition) is 1. The Bertz CT molecular complexity index is 1270. The van der Waals surface area contributed by atoms with Gasteiger partial charge in [-0.2, -0.15) is 0 Å². The summed E-state index contributed by atoms with van der Waals surface area (Å²) in [4.78, 5) is 25.3. The maximum Gasteiger partial charge on any atom is 0.340 e. The lowest BCUT2D eigenvalue weighted by Crippen LogP contribution is -2.30. The highest BCUT2D eigenvalue weighted by Gasteiger charge is 2.21. The van der Waals surface area contributed by atoms with E-state index in [0.29, 0.717) is 17.7 Å². The van der Waals surface area contributed by atoms with Gasteiger partial charge in [-0.3, -0.25) is 4.79 Å². The van der Waals surface area contributed by atoms with Crippen molar-refractivity contribution in [3.05, 3.63) is 100 Å². The van der Waals surface area contributed by atoms with Crippen molar-refractivity contribution in [1.29, 1.82) is 0 Å². The molecule has 1 atom stereocenters. The van der Waals surface area contributed by atoms with Crippen molar-refractivity contribution in [3.63, 3.8) is 0 Å². The van der Waals surface area contributed by atoms with Gasteiger partial charge in [0.25, 0.3) is 0 Å². The Hall–Kier alpha value is -3.91. The summed E-state index contributed by atoms with van der Waals surface area (Å²) in [6.07, 6.45) is 6.96. The van der Waals surface area contributed by atoms with E-state index in [1.807, 2.05) is 24.3 Å². The van der Waals surface area contributed by atoms with Crippen LogP contribution in [0.1, 0.15) is 89.8 Å². The smallest absolute Gasteiger partial charge is 0.340 e.